The lowest BCUT2D eigenvalue weighted by Crippen LogP contribution is -2.33. The molecule has 0 aliphatic carbocycles. The van der Waals surface area contributed by atoms with E-state index in [0.29, 0.717) is 17.8 Å². The number of aromatic amines is 1. The van der Waals surface area contributed by atoms with Crippen LogP contribution in [0.1, 0.15) is 57.4 Å². The van der Waals surface area contributed by atoms with Crippen LogP contribution in [-0.4, -0.2) is 36.3 Å². The largest absolute Gasteiger partial charge is 0.371 e. The zero-order chi connectivity index (χ0) is 18.7. The van der Waals surface area contributed by atoms with Gasteiger partial charge in [0.2, 0.25) is 0 Å². The molecule has 1 amide bonds. The molecule has 0 spiro atoms. The second kappa shape index (κ2) is 7.77. The average molecular weight is 353 g/mol. The third kappa shape index (κ3) is 3.66. The van der Waals surface area contributed by atoms with E-state index in [1.165, 1.54) is 24.6 Å². The molecular formula is C21H27N3O2. The Morgan fingerprint density at radius 2 is 2.00 bits per heavy atom. The molecule has 0 unspecified atom stereocenters. The maximum Gasteiger partial charge on any atom is 0.253 e. The summed E-state index contributed by atoms with van der Waals surface area (Å²) >= 11 is 0. The number of ketones is 1. The fourth-order valence-corrected chi connectivity index (χ4v) is 3.85. The van der Waals surface area contributed by atoms with Crippen LogP contribution in [-0.2, 0) is 6.42 Å². The second-order valence-electron chi connectivity index (χ2n) is 7.01. The lowest BCUT2D eigenvalue weighted by Gasteiger charge is -2.31. The predicted octanol–water partition coefficient (Wildman–Crippen LogP) is 3.41. The van der Waals surface area contributed by atoms with Gasteiger partial charge in [0.1, 0.15) is 0 Å². The summed E-state index contributed by atoms with van der Waals surface area (Å²) in [5.41, 5.74) is 5.34. The van der Waals surface area contributed by atoms with Crippen molar-refractivity contribution < 1.29 is 9.59 Å². The van der Waals surface area contributed by atoms with E-state index in [1.54, 1.807) is 0 Å². The van der Waals surface area contributed by atoms with Crippen LogP contribution in [0.15, 0.2) is 24.3 Å². The highest BCUT2D eigenvalue weighted by atomic mass is 16.1. The molecule has 0 bridgehead atoms. The van der Waals surface area contributed by atoms with Crippen LogP contribution in [0.25, 0.3) is 0 Å². The van der Waals surface area contributed by atoms with E-state index in [-0.39, 0.29) is 11.7 Å². The molecule has 0 saturated carbocycles. The van der Waals surface area contributed by atoms with Gasteiger partial charge < -0.3 is 15.2 Å². The molecule has 2 N–H and O–H groups in total. The summed E-state index contributed by atoms with van der Waals surface area (Å²) in [6.45, 7) is 7.79. The summed E-state index contributed by atoms with van der Waals surface area (Å²) in [5, 5.41) is 3.00. The van der Waals surface area contributed by atoms with Gasteiger partial charge in [-0.3, -0.25) is 9.59 Å². The molecule has 26 heavy (non-hydrogen) atoms. The Labute approximate surface area is 154 Å². The molecule has 2 aromatic rings. The fourth-order valence-electron chi connectivity index (χ4n) is 3.85. The third-order valence-electron chi connectivity index (χ3n) is 5.11. The summed E-state index contributed by atoms with van der Waals surface area (Å²) in [4.78, 5) is 29.6. The van der Waals surface area contributed by atoms with Crippen molar-refractivity contribution in [3.8, 4) is 0 Å². The van der Waals surface area contributed by atoms with Gasteiger partial charge in [0.25, 0.3) is 5.91 Å². The minimum atomic E-state index is -0.109. The van der Waals surface area contributed by atoms with Crippen LogP contribution in [0.2, 0.25) is 0 Å². The Hall–Kier alpha value is -2.56. The molecule has 0 saturated heterocycles. The number of fused-ring (bicyclic) bond motifs is 1. The topological polar surface area (TPSA) is 65.2 Å². The van der Waals surface area contributed by atoms with Crippen LogP contribution < -0.4 is 10.2 Å². The Kier molecular flexibility index (Phi) is 5.45. The summed E-state index contributed by atoms with van der Waals surface area (Å²) in [7, 11) is 0. The summed E-state index contributed by atoms with van der Waals surface area (Å²) in [6, 6.07) is 8.57. The number of anilines is 1. The minimum Gasteiger partial charge on any atom is -0.371 e. The van der Waals surface area contributed by atoms with E-state index < -0.39 is 0 Å². The lowest BCUT2D eigenvalue weighted by atomic mass is 10.0. The number of aromatic nitrogens is 1. The van der Waals surface area contributed by atoms with Gasteiger partial charge >= 0.3 is 0 Å². The Morgan fingerprint density at radius 3 is 2.73 bits per heavy atom. The number of aryl methyl sites for hydroxylation is 2. The number of carbonyl (C=O) groups is 2. The van der Waals surface area contributed by atoms with Crippen molar-refractivity contribution in [1.82, 2.24) is 10.3 Å². The average Bonchev–Trinajstić information content (AvgIpc) is 2.93. The molecule has 5 nitrogen and oxygen atoms in total. The molecule has 0 fully saturated rings. The van der Waals surface area contributed by atoms with Crippen molar-refractivity contribution in [1.29, 1.82) is 0 Å². The van der Waals surface area contributed by atoms with E-state index in [4.69, 9.17) is 0 Å². The van der Waals surface area contributed by atoms with E-state index in [0.717, 1.165) is 37.2 Å². The normalized spacial score (nSPS) is 13.4. The number of nitrogens with one attached hydrogen (secondary N) is 2. The number of hydrogen-bond donors (Lipinski definition) is 2. The molecule has 1 aromatic carbocycles. The lowest BCUT2D eigenvalue weighted by molar-refractivity contribution is 0.0952. The first-order valence-electron chi connectivity index (χ1n) is 9.30. The van der Waals surface area contributed by atoms with Gasteiger partial charge in [-0.2, -0.15) is 0 Å². The number of Topliss-reactive ketones (excluding diaryl/α,β-unsaturated/α-hetero) is 1. The number of rotatable bonds is 6. The van der Waals surface area contributed by atoms with Gasteiger partial charge in [0.15, 0.2) is 5.78 Å². The molecular weight excluding hydrogens is 326 g/mol. The Bertz CT molecular complexity index is 823. The van der Waals surface area contributed by atoms with Crippen LogP contribution >= 0.6 is 0 Å². The van der Waals surface area contributed by atoms with Crippen molar-refractivity contribution in [3.63, 3.8) is 0 Å². The number of benzene rings is 1. The molecule has 1 aromatic heterocycles. The molecule has 3 rings (SSSR count). The Morgan fingerprint density at radius 1 is 1.23 bits per heavy atom. The van der Waals surface area contributed by atoms with Crippen molar-refractivity contribution in [2.24, 2.45) is 0 Å². The highest BCUT2D eigenvalue weighted by molar-refractivity contribution is 6.02. The smallest absolute Gasteiger partial charge is 0.253 e. The highest BCUT2D eigenvalue weighted by Gasteiger charge is 2.20. The van der Waals surface area contributed by atoms with E-state index in [9.17, 15) is 9.59 Å². The second-order valence-corrected chi connectivity index (χ2v) is 7.01. The van der Waals surface area contributed by atoms with Crippen molar-refractivity contribution in [2.75, 3.05) is 24.5 Å². The Balaban J connectivity index is 1.55. The molecule has 5 heteroatoms. The van der Waals surface area contributed by atoms with Gasteiger partial charge in [0.05, 0.1) is 11.3 Å². The van der Waals surface area contributed by atoms with E-state index in [2.05, 4.69) is 39.5 Å². The van der Waals surface area contributed by atoms with Gasteiger partial charge in [-0.15, -0.1) is 0 Å². The van der Waals surface area contributed by atoms with E-state index >= 15 is 0 Å². The molecule has 138 valence electrons. The number of amides is 1. The summed E-state index contributed by atoms with van der Waals surface area (Å²) in [6.07, 6.45) is 3.22. The maximum atomic E-state index is 12.5. The molecule has 2 heterocycles. The number of H-pyrrole nitrogens is 1. The number of carbonyl (C=O) groups excluding carboxylic acids is 2. The standard InChI is InChI=1S/C21H27N3O2/c1-14-19(15(2)23-20(14)16(3)25)21(26)22-11-7-13-24-12-6-9-17-8-4-5-10-18(17)24/h4-5,8,10,23H,6-7,9,11-13H2,1-3H3,(H,22,26). The van der Waals surface area contributed by atoms with Crippen LogP contribution in [0.4, 0.5) is 5.69 Å². The first-order valence-corrected chi connectivity index (χ1v) is 9.30. The SMILES string of the molecule is CC(=O)c1[nH]c(C)c(C(=O)NCCCN2CCCc3ccccc32)c1C. The maximum absolute atomic E-state index is 12.5. The monoisotopic (exact) mass is 353 g/mol. The molecule has 1 aliphatic heterocycles. The molecule has 0 radical (unpaired) electrons. The van der Waals surface area contributed by atoms with Crippen molar-refractivity contribution in [3.05, 3.63) is 52.3 Å². The van der Waals surface area contributed by atoms with Gasteiger partial charge in [-0.25, -0.2) is 0 Å². The first kappa shape index (κ1) is 18.2. The van der Waals surface area contributed by atoms with E-state index in [1.807, 2.05) is 13.8 Å². The quantitative estimate of drug-likeness (QED) is 0.618. The molecule has 0 atom stereocenters. The first-order chi connectivity index (χ1) is 12.5. The number of para-hydroxylation sites is 1. The minimum absolute atomic E-state index is 0.0478. The third-order valence-corrected chi connectivity index (χ3v) is 5.11. The predicted molar refractivity (Wildman–Crippen MR) is 104 cm³/mol. The number of nitrogens with zero attached hydrogens (tertiary/aromatic N) is 1. The van der Waals surface area contributed by atoms with Gasteiger partial charge in [-0.1, -0.05) is 18.2 Å². The fraction of sp³-hybridized carbons (Fsp3) is 0.429. The van der Waals surface area contributed by atoms with Crippen LogP contribution in [0.5, 0.6) is 0 Å². The van der Waals surface area contributed by atoms with Crippen LogP contribution in [0.3, 0.4) is 0 Å². The zero-order valence-corrected chi connectivity index (χ0v) is 15.8. The number of hydrogen-bond acceptors (Lipinski definition) is 3. The zero-order valence-electron chi connectivity index (χ0n) is 15.8. The summed E-state index contributed by atoms with van der Waals surface area (Å²) < 4.78 is 0. The highest BCUT2D eigenvalue weighted by Crippen LogP contribution is 2.26. The van der Waals surface area contributed by atoms with Crippen molar-refractivity contribution in [2.45, 2.75) is 40.0 Å². The van der Waals surface area contributed by atoms with Gasteiger partial charge in [0, 0.05) is 37.9 Å². The van der Waals surface area contributed by atoms with Crippen molar-refractivity contribution >= 4 is 17.4 Å². The van der Waals surface area contributed by atoms with Crippen LogP contribution in [0, 0.1) is 13.8 Å². The molecule has 1 aliphatic rings. The summed E-state index contributed by atoms with van der Waals surface area (Å²) in [5.74, 6) is -0.156. The van der Waals surface area contributed by atoms with Gasteiger partial charge in [-0.05, 0) is 50.3 Å².